The van der Waals surface area contributed by atoms with E-state index in [1.54, 1.807) is 6.92 Å². The van der Waals surface area contributed by atoms with Crippen molar-refractivity contribution in [2.24, 2.45) is 5.92 Å². The molecule has 1 fully saturated rings. The Hall–Kier alpha value is -0.860. The molecule has 1 atom stereocenters. The van der Waals surface area contributed by atoms with Gasteiger partial charge in [-0.25, -0.2) is 0 Å². The molecule has 0 spiro atoms. The quantitative estimate of drug-likeness (QED) is 0.689. The van der Waals surface area contributed by atoms with E-state index >= 15 is 0 Å². The molecule has 0 aromatic carbocycles. The van der Waals surface area contributed by atoms with E-state index in [1.165, 1.54) is 0 Å². The summed E-state index contributed by atoms with van der Waals surface area (Å²) in [5.74, 6) is 0.412. The van der Waals surface area contributed by atoms with Gasteiger partial charge in [-0.15, -0.1) is 0 Å². The third-order valence-electron chi connectivity index (χ3n) is 2.68. The number of rotatable bonds is 3. The van der Waals surface area contributed by atoms with Gasteiger partial charge >= 0.3 is 0 Å². The first-order valence-electron chi connectivity index (χ1n) is 5.32. The Morgan fingerprint density at radius 2 is 2.07 bits per heavy atom. The lowest BCUT2D eigenvalue weighted by Crippen LogP contribution is -2.39. The number of nitrogens with zero attached hydrogens (tertiary/aromatic N) is 1. The molecule has 1 heterocycles. The number of hydrogen-bond acceptors (Lipinski definition) is 2. The van der Waals surface area contributed by atoms with Crippen molar-refractivity contribution in [3.63, 3.8) is 0 Å². The minimum atomic E-state index is 0.0440. The number of Topliss-reactive ketones (excluding diaryl/α,β-unsaturated/α-hetero) is 1. The molecule has 0 aliphatic carbocycles. The van der Waals surface area contributed by atoms with Crippen molar-refractivity contribution in [1.82, 2.24) is 4.90 Å². The summed E-state index contributed by atoms with van der Waals surface area (Å²) >= 11 is 0. The second-order valence-corrected chi connectivity index (χ2v) is 4.39. The highest BCUT2D eigenvalue weighted by Gasteiger charge is 2.30. The average molecular weight is 197 g/mol. The Kier molecular flexibility index (Phi) is 3.67. The van der Waals surface area contributed by atoms with Gasteiger partial charge in [0.25, 0.3) is 0 Å². The topological polar surface area (TPSA) is 37.4 Å². The Labute approximate surface area is 85.5 Å². The molecular formula is C11H19NO2. The molecule has 1 unspecified atom stereocenters. The van der Waals surface area contributed by atoms with Crippen LogP contribution in [0.15, 0.2) is 0 Å². The van der Waals surface area contributed by atoms with Crippen molar-refractivity contribution >= 4 is 11.7 Å². The molecule has 1 rings (SSSR count). The van der Waals surface area contributed by atoms with Crippen LogP contribution in [-0.2, 0) is 9.59 Å². The minimum Gasteiger partial charge on any atom is -0.339 e. The molecule has 1 amide bonds. The summed E-state index contributed by atoms with van der Waals surface area (Å²) in [7, 11) is 0. The lowest BCUT2D eigenvalue weighted by Gasteiger charge is -2.25. The van der Waals surface area contributed by atoms with Gasteiger partial charge in [-0.2, -0.15) is 0 Å². The standard InChI is InChI=1S/C11H19NO2/c1-8(2)11(14)12-6-4-5-10(12)7-9(3)13/h8,10H,4-7H2,1-3H3. The van der Waals surface area contributed by atoms with Crippen LogP contribution in [0.3, 0.4) is 0 Å². The molecule has 14 heavy (non-hydrogen) atoms. The molecule has 1 aliphatic rings. The third kappa shape index (κ3) is 2.56. The molecule has 0 N–H and O–H groups in total. The van der Waals surface area contributed by atoms with Crippen LogP contribution in [0.5, 0.6) is 0 Å². The molecule has 80 valence electrons. The molecule has 3 heteroatoms. The number of ketones is 1. The molecule has 0 radical (unpaired) electrons. The first kappa shape index (κ1) is 11.2. The fraction of sp³-hybridized carbons (Fsp3) is 0.818. The van der Waals surface area contributed by atoms with Gasteiger partial charge in [0, 0.05) is 24.9 Å². The number of hydrogen-bond donors (Lipinski definition) is 0. The summed E-state index contributed by atoms with van der Waals surface area (Å²) < 4.78 is 0. The summed E-state index contributed by atoms with van der Waals surface area (Å²) in [6.07, 6.45) is 2.55. The maximum absolute atomic E-state index is 11.8. The van der Waals surface area contributed by atoms with Crippen molar-refractivity contribution in [1.29, 1.82) is 0 Å². The van der Waals surface area contributed by atoms with Crippen LogP contribution in [0.1, 0.15) is 40.0 Å². The van der Waals surface area contributed by atoms with Gasteiger partial charge in [-0.1, -0.05) is 13.8 Å². The number of amides is 1. The first-order chi connectivity index (χ1) is 6.52. The lowest BCUT2D eigenvalue weighted by atomic mass is 10.1. The van der Waals surface area contributed by atoms with Crippen LogP contribution in [0.2, 0.25) is 0 Å². The molecule has 0 bridgehead atoms. The van der Waals surface area contributed by atoms with Gasteiger partial charge in [0.15, 0.2) is 0 Å². The fourth-order valence-corrected chi connectivity index (χ4v) is 2.00. The summed E-state index contributed by atoms with van der Waals surface area (Å²) in [6, 6.07) is 0.169. The van der Waals surface area contributed by atoms with Gasteiger partial charge in [0.05, 0.1) is 0 Å². The Morgan fingerprint density at radius 3 is 2.57 bits per heavy atom. The monoisotopic (exact) mass is 197 g/mol. The van der Waals surface area contributed by atoms with Crippen LogP contribution in [-0.4, -0.2) is 29.2 Å². The van der Waals surface area contributed by atoms with E-state index in [-0.39, 0.29) is 23.7 Å². The maximum atomic E-state index is 11.8. The summed E-state index contributed by atoms with van der Waals surface area (Å²) in [6.45, 7) is 6.24. The first-order valence-corrected chi connectivity index (χ1v) is 5.32. The largest absolute Gasteiger partial charge is 0.339 e. The van der Waals surface area contributed by atoms with Gasteiger partial charge in [-0.05, 0) is 19.8 Å². The minimum absolute atomic E-state index is 0.0440. The second-order valence-electron chi connectivity index (χ2n) is 4.39. The predicted octanol–water partition coefficient (Wildman–Crippen LogP) is 1.61. The molecule has 1 aliphatic heterocycles. The van der Waals surface area contributed by atoms with E-state index in [0.717, 1.165) is 19.4 Å². The highest BCUT2D eigenvalue weighted by Crippen LogP contribution is 2.22. The van der Waals surface area contributed by atoms with Crippen molar-refractivity contribution < 1.29 is 9.59 Å². The van der Waals surface area contributed by atoms with Gasteiger partial charge in [0.1, 0.15) is 5.78 Å². The zero-order valence-corrected chi connectivity index (χ0v) is 9.25. The zero-order chi connectivity index (χ0) is 10.7. The highest BCUT2D eigenvalue weighted by atomic mass is 16.2. The smallest absolute Gasteiger partial charge is 0.225 e. The van der Waals surface area contributed by atoms with Crippen LogP contribution < -0.4 is 0 Å². The zero-order valence-electron chi connectivity index (χ0n) is 9.25. The molecule has 3 nitrogen and oxygen atoms in total. The molecular weight excluding hydrogens is 178 g/mol. The fourth-order valence-electron chi connectivity index (χ4n) is 2.00. The normalized spacial score (nSPS) is 21.7. The third-order valence-corrected chi connectivity index (χ3v) is 2.68. The van der Waals surface area contributed by atoms with Crippen LogP contribution >= 0.6 is 0 Å². The summed E-state index contributed by atoms with van der Waals surface area (Å²) in [5.41, 5.74) is 0. The Morgan fingerprint density at radius 1 is 1.43 bits per heavy atom. The highest BCUT2D eigenvalue weighted by molar-refractivity contribution is 5.81. The summed E-state index contributed by atoms with van der Waals surface area (Å²) in [5, 5.41) is 0. The Balaban J connectivity index is 2.59. The van der Waals surface area contributed by atoms with Crippen molar-refractivity contribution in [3.8, 4) is 0 Å². The second kappa shape index (κ2) is 4.58. The summed E-state index contributed by atoms with van der Waals surface area (Å²) in [4.78, 5) is 24.6. The van der Waals surface area contributed by atoms with E-state index in [2.05, 4.69) is 0 Å². The number of carbonyl (C=O) groups is 2. The van der Waals surface area contributed by atoms with Crippen LogP contribution in [0, 0.1) is 5.92 Å². The van der Waals surface area contributed by atoms with Gasteiger partial charge in [0.2, 0.25) is 5.91 Å². The average Bonchev–Trinajstić information content (AvgIpc) is 2.49. The van der Waals surface area contributed by atoms with E-state index in [4.69, 9.17) is 0 Å². The van der Waals surface area contributed by atoms with E-state index in [0.29, 0.717) is 6.42 Å². The molecule has 0 aromatic rings. The number of carbonyl (C=O) groups excluding carboxylic acids is 2. The van der Waals surface area contributed by atoms with Crippen molar-refractivity contribution in [3.05, 3.63) is 0 Å². The number of likely N-dealkylation sites (tertiary alicyclic amines) is 1. The maximum Gasteiger partial charge on any atom is 0.225 e. The molecule has 1 saturated heterocycles. The molecule has 0 aromatic heterocycles. The predicted molar refractivity (Wildman–Crippen MR) is 54.9 cm³/mol. The lowest BCUT2D eigenvalue weighted by molar-refractivity contribution is -0.135. The van der Waals surface area contributed by atoms with E-state index in [9.17, 15) is 9.59 Å². The molecule has 0 saturated carbocycles. The SMILES string of the molecule is CC(=O)CC1CCCN1C(=O)C(C)C. The van der Waals surface area contributed by atoms with Gasteiger partial charge in [-0.3, -0.25) is 9.59 Å². The Bertz CT molecular complexity index is 235. The van der Waals surface area contributed by atoms with E-state index < -0.39 is 0 Å². The van der Waals surface area contributed by atoms with Crippen molar-refractivity contribution in [2.75, 3.05) is 6.54 Å². The van der Waals surface area contributed by atoms with Crippen LogP contribution in [0.25, 0.3) is 0 Å². The van der Waals surface area contributed by atoms with Crippen LogP contribution in [0.4, 0.5) is 0 Å². The van der Waals surface area contributed by atoms with E-state index in [1.807, 2.05) is 18.7 Å². The van der Waals surface area contributed by atoms with Gasteiger partial charge < -0.3 is 4.90 Å². The van der Waals surface area contributed by atoms with Crippen molar-refractivity contribution in [2.45, 2.75) is 46.1 Å².